The van der Waals surface area contributed by atoms with E-state index in [1.54, 1.807) is 5.57 Å². The van der Waals surface area contributed by atoms with Gasteiger partial charge < -0.3 is 19.1 Å². The lowest BCUT2D eigenvalue weighted by molar-refractivity contribution is 0.486. The number of benzene rings is 6. The number of nitrogens with zero attached hydrogens (tertiary/aromatic N) is 3. The highest BCUT2D eigenvalue weighted by atomic mass is 16.3. The van der Waals surface area contributed by atoms with E-state index in [1.807, 2.05) is 0 Å². The Balaban J connectivity index is 1.16. The van der Waals surface area contributed by atoms with Crippen molar-refractivity contribution in [1.82, 2.24) is 0 Å². The van der Waals surface area contributed by atoms with Crippen molar-refractivity contribution in [3.05, 3.63) is 196 Å². The van der Waals surface area contributed by atoms with Crippen molar-refractivity contribution in [2.24, 2.45) is 11.3 Å². The van der Waals surface area contributed by atoms with Crippen LogP contribution in [0.5, 0.6) is 0 Å². The summed E-state index contributed by atoms with van der Waals surface area (Å²) in [5, 5.41) is 2.27. The normalized spacial score (nSPS) is 19.8. The fraction of sp³-hybridized carbons (Fsp3) is 0.270. The Hall–Kier alpha value is -6.72. The standard InChI is InChI=1S/C63H60BN3O/c1-37-20-11-16-26-49(37)65(50-27-17-12-21-38(50)2)41-30-31-47-52(36-41)66(51-28-19-24-43-42-22-14-18-29-55(42)68-60(43)51)53-34-40(62(6,7)8)35-54-57(53)64(47)48-33-39(61(3,4)5)32-45-56-59(67(54)58(45)48)44-23-13-15-25-46(44)63(56,9)10/h11,13-16,18-36,45,58H,12,17H2,1-10H3. The molecule has 1 aromatic heterocycles. The van der Waals surface area contributed by atoms with Crippen LogP contribution < -0.4 is 25.6 Å². The molecular formula is C63H60BN3O. The highest BCUT2D eigenvalue weighted by Gasteiger charge is 2.59. The third kappa shape index (κ3) is 5.68. The summed E-state index contributed by atoms with van der Waals surface area (Å²) in [7, 11) is 0. The molecule has 0 saturated heterocycles. The third-order valence-corrected chi connectivity index (χ3v) is 16.4. The molecule has 4 nitrogen and oxygen atoms in total. The van der Waals surface area contributed by atoms with E-state index in [-0.39, 0.29) is 34.9 Å². The topological polar surface area (TPSA) is 22.9 Å². The molecule has 6 aromatic carbocycles. The second-order valence-electron chi connectivity index (χ2n) is 22.9. The molecule has 0 spiro atoms. The van der Waals surface area contributed by atoms with Gasteiger partial charge in [-0.2, -0.15) is 0 Å². The zero-order valence-electron chi connectivity index (χ0n) is 41.3. The molecule has 0 fully saturated rings. The zero-order chi connectivity index (χ0) is 46.8. The Morgan fingerprint density at radius 1 is 0.706 bits per heavy atom. The lowest BCUT2D eigenvalue weighted by Crippen LogP contribution is -2.62. The van der Waals surface area contributed by atoms with Gasteiger partial charge in [-0.1, -0.05) is 164 Å². The van der Waals surface area contributed by atoms with Crippen molar-refractivity contribution in [1.29, 1.82) is 0 Å². The Morgan fingerprint density at radius 2 is 1.44 bits per heavy atom. The first-order valence-corrected chi connectivity index (χ1v) is 24.9. The van der Waals surface area contributed by atoms with Gasteiger partial charge in [-0.3, -0.25) is 0 Å². The van der Waals surface area contributed by atoms with Crippen molar-refractivity contribution in [3.8, 4) is 0 Å². The molecule has 4 heterocycles. The highest BCUT2D eigenvalue weighted by molar-refractivity contribution is 6.95. The number of hydrogen-bond acceptors (Lipinski definition) is 4. The summed E-state index contributed by atoms with van der Waals surface area (Å²) in [4.78, 5) is 7.95. The number of rotatable bonds is 4. The van der Waals surface area contributed by atoms with Crippen molar-refractivity contribution in [3.63, 3.8) is 0 Å². The van der Waals surface area contributed by atoms with Crippen molar-refractivity contribution in [2.45, 2.75) is 99.0 Å². The maximum Gasteiger partial charge on any atom is 0.247 e. The average molecular weight is 886 g/mol. The van der Waals surface area contributed by atoms with Crippen LogP contribution in [0.3, 0.4) is 0 Å². The van der Waals surface area contributed by atoms with Crippen LogP contribution in [0.15, 0.2) is 178 Å². The number of allylic oxidation sites excluding steroid dienone is 5. The molecule has 3 aliphatic heterocycles. The monoisotopic (exact) mass is 885 g/mol. The van der Waals surface area contributed by atoms with E-state index in [9.17, 15) is 0 Å². The van der Waals surface area contributed by atoms with Crippen molar-refractivity contribution >= 4 is 79.4 Å². The van der Waals surface area contributed by atoms with Gasteiger partial charge in [-0.05, 0) is 124 Å². The van der Waals surface area contributed by atoms with Gasteiger partial charge in [-0.25, -0.2) is 0 Å². The first-order valence-electron chi connectivity index (χ1n) is 24.9. The number of furan rings is 1. The SMILES string of the molecule is CC1=CCCC=C1N(c1ccc2c(c1)N(c1cccc3c1oc1ccccc13)c1cc(C(C)(C)C)cc3c1B2C1=CC(C(C)(C)C)=CC2C4=C(c5ccccc5C4(C)C)N3C12)c1ccccc1C. The van der Waals surface area contributed by atoms with Crippen LogP contribution in [0.25, 0.3) is 27.6 Å². The maximum absolute atomic E-state index is 7.03. The molecule has 336 valence electrons. The van der Waals surface area contributed by atoms with Crippen LogP contribution in [0.1, 0.15) is 97.4 Å². The predicted molar refractivity (Wildman–Crippen MR) is 288 cm³/mol. The van der Waals surface area contributed by atoms with Crippen molar-refractivity contribution in [2.75, 3.05) is 14.7 Å². The van der Waals surface area contributed by atoms with Crippen LogP contribution in [0, 0.1) is 18.3 Å². The van der Waals surface area contributed by atoms with E-state index in [0.29, 0.717) is 0 Å². The van der Waals surface area contributed by atoms with Crippen LogP contribution in [0.4, 0.5) is 34.1 Å². The quantitative estimate of drug-likeness (QED) is 0.164. The molecule has 2 unspecified atom stereocenters. The maximum atomic E-state index is 7.03. The Morgan fingerprint density at radius 3 is 2.24 bits per heavy atom. The molecule has 6 aliphatic rings. The van der Waals surface area contributed by atoms with Gasteiger partial charge in [0.1, 0.15) is 5.58 Å². The summed E-state index contributed by atoms with van der Waals surface area (Å²) in [5.74, 6) is 0.228. The minimum Gasteiger partial charge on any atom is -0.454 e. The van der Waals surface area contributed by atoms with Gasteiger partial charge >= 0.3 is 0 Å². The highest BCUT2D eigenvalue weighted by Crippen LogP contribution is 2.62. The summed E-state index contributed by atoms with van der Waals surface area (Å²) in [6.45, 7) is 23.9. The molecule has 13 rings (SSSR count). The number of aryl methyl sites for hydroxylation is 1. The van der Waals surface area contributed by atoms with Gasteiger partial charge in [0.25, 0.3) is 0 Å². The molecule has 7 aromatic rings. The van der Waals surface area contributed by atoms with Gasteiger partial charge in [0.05, 0.1) is 17.4 Å². The summed E-state index contributed by atoms with van der Waals surface area (Å²) < 4.78 is 7.03. The molecule has 3 aliphatic carbocycles. The molecular weight excluding hydrogens is 826 g/mol. The smallest absolute Gasteiger partial charge is 0.247 e. The number of hydrogen-bond donors (Lipinski definition) is 0. The summed E-state index contributed by atoms with van der Waals surface area (Å²) >= 11 is 0. The second kappa shape index (κ2) is 14.2. The van der Waals surface area contributed by atoms with E-state index < -0.39 is 0 Å². The van der Waals surface area contributed by atoms with Crippen LogP contribution in [-0.4, -0.2) is 12.8 Å². The lowest BCUT2D eigenvalue weighted by atomic mass is 9.30. The third-order valence-electron chi connectivity index (χ3n) is 16.4. The lowest BCUT2D eigenvalue weighted by Gasteiger charge is -2.50. The Labute approximate surface area is 402 Å². The minimum absolute atomic E-state index is 0.0276. The van der Waals surface area contributed by atoms with Crippen LogP contribution >= 0.6 is 0 Å². The average Bonchev–Trinajstić information content (AvgIpc) is 3.95. The largest absolute Gasteiger partial charge is 0.454 e. The van der Waals surface area contributed by atoms with E-state index in [0.717, 1.165) is 46.2 Å². The molecule has 0 saturated carbocycles. The molecule has 68 heavy (non-hydrogen) atoms. The zero-order valence-corrected chi connectivity index (χ0v) is 41.3. The molecule has 2 atom stereocenters. The van der Waals surface area contributed by atoms with Gasteiger partial charge in [0.15, 0.2) is 5.58 Å². The van der Waals surface area contributed by atoms with Crippen LogP contribution in [-0.2, 0) is 10.8 Å². The van der Waals surface area contributed by atoms with E-state index in [2.05, 4.69) is 230 Å². The molecule has 5 heteroatoms. The van der Waals surface area contributed by atoms with Gasteiger partial charge in [0.2, 0.25) is 6.71 Å². The first kappa shape index (κ1) is 41.5. The first-order chi connectivity index (χ1) is 32.6. The van der Waals surface area contributed by atoms with E-state index in [4.69, 9.17) is 4.42 Å². The number of para-hydroxylation sites is 3. The molecule has 0 amide bonds. The summed E-state index contributed by atoms with van der Waals surface area (Å²) in [5.41, 5.74) is 25.2. The fourth-order valence-electron chi connectivity index (χ4n) is 13.1. The van der Waals surface area contributed by atoms with E-state index >= 15 is 0 Å². The fourth-order valence-corrected chi connectivity index (χ4v) is 13.1. The van der Waals surface area contributed by atoms with Gasteiger partial charge in [-0.15, -0.1) is 0 Å². The number of anilines is 6. The van der Waals surface area contributed by atoms with Gasteiger partial charge in [0, 0.05) is 61.8 Å². The second-order valence-corrected chi connectivity index (χ2v) is 22.9. The summed E-state index contributed by atoms with van der Waals surface area (Å²) in [6, 6.07) is 46.1. The van der Waals surface area contributed by atoms with Crippen molar-refractivity contribution < 1.29 is 4.42 Å². The minimum atomic E-state index is -0.135. The summed E-state index contributed by atoms with van der Waals surface area (Å²) in [6.07, 6.45) is 12.2. The predicted octanol–water partition coefficient (Wildman–Crippen LogP) is 15.3. The van der Waals surface area contributed by atoms with Crippen LogP contribution in [0.2, 0.25) is 0 Å². The van der Waals surface area contributed by atoms with E-state index in [1.165, 1.54) is 83.9 Å². The Bertz CT molecular complexity index is 3520. The Kier molecular flexibility index (Phi) is 8.64. The molecule has 0 bridgehead atoms. The molecule has 0 N–H and O–H groups in total. The number of fused-ring (bicyclic) bond motifs is 11. The molecule has 0 radical (unpaired) electrons.